The molecule has 0 saturated heterocycles. The molecule has 0 heterocycles. The van der Waals surface area contributed by atoms with Crippen LogP contribution in [0.2, 0.25) is 0 Å². The molecule has 3 heteroatoms. The summed E-state index contributed by atoms with van der Waals surface area (Å²) in [6.07, 6.45) is 0. The van der Waals surface area contributed by atoms with Crippen LogP contribution in [-0.4, -0.2) is 5.78 Å². The molecule has 0 bridgehead atoms. The molecule has 0 spiro atoms. The molecule has 92 valence electrons. The maximum atomic E-state index is 13.2. The number of aryl methyl sites for hydroxylation is 1. The number of hydrogen-bond donors (Lipinski definition) is 0. The SMILES string of the molecule is Cc1ccc(F)cc1C(=O)c1cccc(Br)c1C. The van der Waals surface area contributed by atoms with E-state index in [1.165, 1.54) is 12.1 Å². The lowest BCUT2D eigenvalue weighted by molar-refractivity contribution is 0.103. The molecule has 0 amide bonds. The van der Waals surface area contributed by atoms with Gasteiger partial charge in [-0.3, -0.25) is 4.79 Å². The van der Waals surface area contributed by atoms with Crippen LogP contribution in [0.5, 0.6) is 0 Å². The summed E-state index contributed by atoms with van der Waals surface area (Å²) in [6, 6.07) is 9.71. The van der Waals surface area contributed by atoms with Gasteiger partial charge in [0.2, 0.25) is 0 Å². The van der Waals surface area contributed by atoms with Crippen LogP contribution in [0.25, 0.3) is 0 Å². The molecule has 0 saturated carbocycles. The van der Waals surface area contributed by atoms with Crippen LogP contribution in [0.3, 0.4) is 0 Å². The van der Waals surface area contributed by atoms with E-state index in [-0.39, 0.29) is 5.78 Å². The second-order valence-corrected chi connectivity index (χ2v) is 5.06. The molecular weight excluding hydrogens is 295 g/mol. The average molecular weight is 307 g/mol. The van der Waals surface area contributed by atoms with E-state index in [2.05, 4.69) is 15.9 Å². The molecule has 0 aliphatic carbocycles. The van der Waals surface area contributed by atoms with Gasteiger partial charge in [0.15, 0.2) is 5.78 Å². The third kappa shape index (κ3) is 2.36. The van der Waals surface area contributed by atoms with Gasteiger partial charge in [0.25, 0.3) is 0 Å². The topological polar surface area (TPSA) is 17.1 Å². The van der Waals surface area contributed by atoms with Crippen molar-refractivity contribution in [3.63, 3.8) is 0 Å². The fraction of sp³-hybridized carbons (Fsp3) is 0.133. The molecule has 0 fully saturated rings. The summed E-state index contributed by atoms with van der Waals surface area (Å²) in [5.41, 5.74) is 2.65. The molecule has 2 aromatic carbocycles. The molecule has 0 radical (unpaired) electrons. The Hall–Kier alpha value is -1.48. The Kier molecular flexibility index (Phi) is 3.62. The number of rotatable bonds is 2. The van der Waals surface area contributed by atoms with Gasteiger partial charge in [-0.05, 0) is 43.2 Å². The third-order valence-electron chi connectivity index (χ3n) is 2.96. The number of carbonyl (C=O) groups excluding carboxylic acids is 1. The predicted octanol–water partition coefficient (Wildman–Crippen LogP) is 4.44. The zero-order valence-corrected chi connectivity index (χ0v) is 11.7. The quantitative estimate of drug-likeness (QED) is 0.750. The molecule has 2 rings (SSSR count). The van der Waals surface area contributed by atoms with E-state index >= 15 is 0 Å². The van der Waals surface area contributed by atoms with Gasteiger partial charge in [0, 0.05) is 15.6 Å². The Labute approximate surface area is 114 Å². The van der Waals surface area contributed by atoms with Gasteiger partial charge in [-0.15, -0.1) is 0 Å². The highest BCUT2D eigenvalue weighted by atomic mass is 79.9. The summed E-state index contributed by atoms with van der Waals surface area (Å²) in [5.74, 6) is -0.539. The van der Waals surface area contributed by atoms with E-state index in [4.69, 9.17) is 0 Å². The Morgan fingerprint density at radius 1 is 1.11 bits per heavy atom. The first-order chi connectivity index (χ1) is 8.50. The molecule has 0 aromatic heterocycles. The van der Waals surface area contributed by atoms with Crippen molar-refractivity contribution in [3.8, 4) is 0 Å². The highest BCUT2D eigenvalue weighted by Crippen LogP contribution is 2.23. The summed E-state index contributed by atoms with van der Waals surface area (Å²) in [6.45, 7) is 3.67. The van der Waals surface area contributed by atoms with Crippen LogP contribution in [0.4, 0.5) is 4.39 Å². The van der Waals surface area contributed by atoms with Crippen LogP contribution < -0.4 is 0 Å². The van der Waals surface area contributed by atoms with Gasteiger partial charge in [-0.2, -0.15) is 0 Å². The number of benzene rings is 2. The predicted molar refractivity (Wildman–Crippen MR) is 73.4 cm³/mol. The Balaban J connectivity index is 2.55. The van der Waals surface area contributed by atoms with Crippen molar-refractivity contribution in [2.45, 2.75) is 13.8 Å². The minimum atomic E-state index is -0.392. The van der Waals surface area contributed by atoms with Crippen LogP contribution in [0, 0.1) is 19.7 Å². The Morgan fingerprint density at radius 3 is 2.56 bits per heavy atom. The molecule has 0 atom stereocenters. The van der Waals surface area contributed by atoms with Gasteiger partial charge in [-0.25, -0.2) is 4.39 Å². The van der Waals surface area contributed by atoms with Crippen LogP contribution in [-0.2, 0) is 0 Å². The number of ketones is 1. The Morgan fingerprint density at radius 2 is 1.83 bits per heavy atom. The normalized spacial score (nSPS) is 10.4. The number of hydrogen-bond acceptors (Lipinski definition) is 1. The maximum Gasteiger partial charge on any atom is 0.193 e. The second kappa shape index (κ2) is 5.02. The van der Waals surface area contributed by atoms with Crippen molar-refractivity contribution >= 4 is 21.7 Å². The van der Waals surface area contributed by atoms with Crippen molar-refractivity contribution in [3.05, 3.63) is 68.9 Å². The summed E-state index contributed by atoms with van der Waals surface area (Å²) in [7, 11) is 0. The van der Waals surface area contributed by atoms with Gasteiger partial charge in [-0.1, -0.05) is 34.1 Å². The zero-order valence-electron chi connectivity index (χ0n) is 10.1. The summed E-state index contributed by atoms with van der Waals surface area (Å²) in [4.78, 5) is 12.4. The molecular formula is C15H12BrFO. The fourth-order valence-corrected chi connectivity index (χ4v) is 2.20. The summed E-state index contributed by atoms with van der Waals surface area (Å²) < 4.78 is 14.1. The Bertz CT molecular complexity index is 616. The lowest BCUT2D eigenvalue weighted by Crippen LogP contribution is -2.06. The van der Waals surface area contributed by atoms with Crippen molar-refractivity contribution in [1.82, 2.24) is 0 Å². The third-order valence-corrected chi connectivity index (χ3v) is 3.82. The van der Waals surface area contributed by atoms with Crippen molar-refractivity contribution in [2.75, 3.05) is 0 Å². The van der Waals surface area contributed by atoms with Gasteiger partial charge < -0.3 is 0 Å². The highest BCUT2D eigenvalue weighted by Gasteiger charge is 2.15. The first-order valence-electron chi connectivity index (χ1n) is 5.56. The molecule has 2 aromatic rings. The molecule has 18 heavy (non-hydrogen) atoms. The lowest BCUT2D eigenvalue weighted by Gasteiger charge is -2.09. The summed E-state index contributed by atoms with van der Waals surface area (Å²) >= 11 is 3.39. The fourth-order valence-electron chi connectivity index (χ4n) is 1.84. The van der Waals surface area contributed by atoms with Crippen molar-refractivity contribution in [1.29, 1.82) is 0 Å². The molecule has 0 aliphatic heterocycles. The van der Waals surface area contributed by atoms with Crippen LogP contribution in [0.1, 0.15) is 27.0 Å². The average Bonchev–Trinajstić information content (AvgIpc) is 2.35. The minimum absolute atomic E-state index is 0.147. The smallest absolute Gasteiger partial charge is 0.193 e. The van der Waals surface area contributed by atoms with E-state index in [9.17, 15) is 9.18 Å². The van der Waals surface area contributed by atoms with Crippen LogP contribution >= 0.6 is 15.9 Å². The summed E-state index contributed by atoms with van der Waals surface area (Å²) in [5, 5.41) is 0. The van der Waals surface area contributed by atoms with Gasteiger partial charge in [0.05, 0.1) is 0 Å². The first kappa shape index (κ1) is 13.0. The number of halogens is 2. The molecule has 1 nitrogen and oxygen atoms in total. The molecule has 0 unspecified atom stereocenters. The van der Waals surface area contributed by atoms with E-state index in [0.29, 0.717) is 11.1 Å². The van der Waals surface area contributed by atoms with E-state index in [0.717, 1.165) is 15.6 Å². The number of carbonyl (C=O) groups is 1. The molecule has 0 N–H and O–H groups in total. The van der Waals surface area contributed by atoms with Crippen LogP contribution in [0.15, 0.2) is 40.9 Å². The first-order valence-corrected chi connectivity index (χ1v) is 6.36. The lowest BCUT2D eigenvalue weighted by atomic mass is 9.96. The van der Waals surface area contributed by atoms with E-state index < -0.39 is 5.82 Å². The molecule has 0 aliphatic rings. The second-order valence-electron chi connectivity index (χ2n) is 4.20. The minimum Gasteiger partial charge on any atom is -0.289 e. The standard InChI is InChI=1S/C15H12BrFO/c1-9-6-7-11(17)8-13(9)15(18)12-4-3-5-14(16)10(12)2/h3-8H,1-2H3. The van der Waals surface area contributed by atoms with Crippen molar-refractivity contribution < 1.29 is 9.18 Å². The van der Waals surface area contributed by atoms with E-state index in [1.54, 1.807) is 25.1 Å². The monoisotopic (exact) mass is 306 g/mol. The van der Waals surface area contributed by atoms with Gasteiger partial charge >= 0.3 is 0 Å². The highest BCUT2D eigenvalue weighted by molar-refractivity contribution is 9.10. The largest absolute Gasteiger partial charge is 0.289 e. The van der Waals surface area contributed by atoms with Crippen molar-refractivity contribution in [2.24, 2.45) is 0 Å². The maximum absolute atomic E-state index is 13.2. The van der Waals surface area contributed by atoms with Gasteiger partial charge in [0.1, 0.15) is 5.82 Å². The van der Waals surface area contributed by atoms with E-state index in [1.807, 2.05) is 13.0 Å². The zero-order chi connectivity index (χ0) is 13.3.